The smallest absolute Gasteiger partial charge is 0.166 e. The second kappa shape index (κ2) is 8.59. The van der Waals surface area contributed by atoms with Gasteiger partial charge in [-0.15, -0.1) is 0 Å². The number of rotatable bonds is 8. The van der Waals surface area contributed by atoms with Crippen molar-refractivity contribution in [2.24, 2.45) is 0 Å². The van der Waals surface area contributed by atoms with E-state index in [2.05, 4.69) is 33.5 Å². The quantitative estimate of drug-likeness (QED) is 0.479. The molecular formula is C23H23N3O2. The van der Waals surface area contributed by atoms with Crippen LogP contribution in [0, 0.1) is 0 Å². The summed E-state index contributed by atoms with van der Waals surface area (Å²) in [7, 11) is 1.66. The average molecular weight is 373 g/mol. The minimum atomic E-state index is 0.498. The molecule has 0 spiro atoms. The molecule has 3 aromatic carbocycles. The standard InChI is InChI=1S/C23H23N3O2/c1-27-21-13-7-10-18(23(21)28-16-17-8-3-2-4-9-17)14-24-15-22-25-19-11-5-6-12-20(19)26-22/h2-13,24H,14-16H2,1H3,(H,25,26). The number of nitrogens with one attached hydrogen (secondary N) is 2. The molecule has 1 aromatic heterocycles. The van der Waals surface area contributed by atoms with Gasteiger partial charge in [0.2, 0.25) is 0 Å². The van der Waals surface area contributed by atoms with Crippen LogP contribution in [0.5, 0.6) is 11.5 Å². The molecule has 0 saturated heterocycles. The van der Waals surface area contributed by atoms with Crippen molar-refractivity contribution in [1.82, 2.24) is 15.3 Å². The van der Waals surface area contributed by atoms with E-state index in [1.165, 1.54) is 0 Å². The first-order chi connectivity index (χ1) is 13.8. The van der Waals surface area contributed by atoms with E-state index >= 15 is 0 Å². The molecule has 0 saturated carbocycles. The van der Waals surface area contributed by atoms with E-state index in [0.29, 0.717) is 19.7 Å². The summed E-state index contributed by atoms with van der Waals surface area (Å²) in [6.45, 7) is 1.79. The molecule has 0 aliphatic carbocycles. The molecule has 0 atom stereocenters. The first kappa shape index (κ1) is 18.1. The van der Waals surface area contributed by atoms with Crippen molar-refractivity contribution in [2.45, 2.75) is 19.7 Å². The number of methoxy groups -OCH3 is 1. The third-order valence-corrected chi connectivity index (χ3v) is 4.55. The number of benzene rings is 3. The molecule has 0 aliphatic rings. The predicted molar refractivity (Wildman–Crippen MR) is 110 cm³/mol. The number of imidazole rings is 1. The molecule has 28 heavy (non-hydrogen) atoms. The second-order valence-electron chi connectivity index (χ2n) is 6.53. The van der Waals surface area contributed by atoms with Gasteiger partial charge in [-0.2, -0.15) is 0 Å². The Hall–Kier alpha value is -3.31. The van der Waals surface area contributed by atoms with E-state index in [1.807, 2.05) is 54.6 Å². The highest BCUT2D eigenvalue weighted by molar-refractivity contribution is 5.74. The molecule has 0 aliphatic heterocycles. The molecule has 0 fully saturated rings. The maximum Gasteiger partial charge on any atom is 0.166 e. The zero-order valence-electron chi connectivity index (χ0n) is 15.8. The number of nitrogens with zero attached hydrogens (tertiary/aromatic N) is 1. The maximum absolute atomic E-state index is 6.11. The lowest BCUT2D eigenvalue weighted by Gasteiger charge is -2.15. The Morgan fingerprint density at radius 3 is 2.54 bits per heavy atom. The Labute approximate surface area is 164 Å². The fourth-order valence-electron chi connectivity index (χ4n) is 3.16. The number of H-pyrrole nitrogens is 1. The Kier molecular flexibility index (Phi) is 5.54. The van der Waals surface area contributed by atoms with Gasteiger partial charge in [-0.3, -0.25) is 0 Å². The van der Waals surface area contributed by atoms with Gasteiger partial charge in [0, 0.05) is 12.1 Å². The van der Waals surface area contributed by atoms with E-state index in [0.717, 1.165) is 39.5 Å². The van der Waals surface area contributed by atoms with Gasteiger partial charge in [0.1, 0.15) is 12.4 Å². The molecule has 2 N–H and O–H groups in total. The summed E-state index contributed by atoms with van der Waals surface area (Å²) in [4.78, 5) is 7.94. The maximum atomic E-state index is 6.11. The molecule has 5 nitrogen and oxygen atoms in total. The van der Waals surface area contributed by atoms with Crippen LogP contribution in [0.3, 0.4) is 0 Å². The van der Waals surface area contributed by atoms with Crippen LogP contribution in [-0.4, -0.2) is 17.1 Å². The van der Waals surface area contributed by atoms with Crippen molar-refractivity contribution in [2.75, 3.05) is 7.11 Å². The highest BCUT2D eigenvalue weighted by Gasteiger charge is 2.11. The minimum Gasteiger partial charge on any atom is -0.493 e. The first-order valence-corrected chi connectivity index (χ1v) is 9.30. The molecular weight excluding hydrogens is 350 g/mol. The summed E-state index contributed by atoms with van der Waals surface area (Å²) < 4.78 is 11.6. The number of fused-ring (bicyclic) bond motifs is 1. The molecule has 5 heteroatoms. The van der Waals surface area contributed by atoms with Crippen molar-refractivity contribution >= 4 is 11.0 Å². The number of aromatic nitrogens is 2. The van der Waals surface area contributed by atoms with Crippen LogP contribution in [-0.2, 0) is 19.7 Å². The number of para-hydroxylation sites is 3. The lowest BCUT2D eigenvalue weighted by Crippen LogP contribution is -2.15. The summed E-state index contributed by atoms with van der Waals surface area (Å²) in [6, 6.07) is 24.1. The van der Waals surface area contributed by atoms with E-state index in [1.54, 1.807) is 7.11 Å². The number of aromatic amines is 1. The van der Waals surface area contributed by atoms with Crippen molar-refractivity contribution in [3.63, 3.8) is 0 Å². The Morgan fingerprint density at radius 2 is 1.71 bits per heavy atom. The summed E-state index contributed by atoms with van der Waals surface area (Å²) >= 11 is 0. The highest BCUT2D eigenvalue weighted by Crippen LogP contribution is 2.31. The van der Waals surface area contributed by atoms with Crippen LogP contribution in [0.15, 0.2) is 72.8 Å². The molecule has 1 heterocycles. The summed E-state index contributed by atoms with van der Waals surface area (Å²) in [5.74, 6) is 2.42. The van der Waals surface area contributed by atoms with E-state index in [4.69, 9.17) is 9.47 Å². The average Bonchev–Trinajstić information content (AvgIpc) is 3.16. The van der Waals surface area contributed by atoms with Crippen LogP contribution in [0.25, 0.3) is 11.0 Å². The minimum absolute atomic E-state index is 0.498. The molecule has 0 unspecified atom stereocenters. The van der Waals surface area contributed by atoms with Gasteiger partial charge >= 0.3 is 0 Å². The van der Waals surface area contributed by atoms with Crippen LogP contribution in [0.4, 0.5) is 0 Å². The molecule has 0 radical (unpaired) electrons. The van der Waals surface area contributed by atoms with Crippen LogP contribution >= 0.6 is 0 Å². The molecule has 4 rings (SSSR count). The number of ether oxygens (including phenoxy) is 2. The Morgan fingerprint density at radius 1 is 0.893 bits per heavy atom. The monoisotopic (exact) mass is 373 g/mol. The first-order valence-electron chi connectivity index (χ1n) is 9.30. The van der Waals surface area contributed by atoms with Crippen molar-refractivity contribution < 1.29 is 9.47 Å². The third-order valence-electron chi connectivity index (χ3n) is 4.55. The van der Waals surface area contributed by atoms with Gasteiger partial charge in [0.25, 0.3) is 0 Å². The zero-order valence-corrected chi connectivity index (χ0v) is 15.8. The van der Waals surface area contributed by atoms with Gasteiger partial charge in [0.05, 0.1) is 24.7 Å². The van der Waals surface area contributed by atoms with Gasteiger partial charge in [-0.1, -0.05) is 54.6 Å². The van der Waals surface area contributed by atoms with Crippen LogP contribution in [0.2, 0.25) is 0 Å². The third kappa shape index (κ3) is 4.15. The van der Waals surface area contributed by atoms with Crippen molar-refractivity contribution in [3.05, 3.63) is 89.7 Å². The molecule has 0 bridgehead atoms. The fourth-order valence-corrected chi connectivity index (χ4v) is 3.16. The van der Waals surface area contributed by atoms with Gasteiger partial charge < -0.3 is 19.8 Å². The zero-order chi connectivity index (χ0) is 19.2. The molecule has 0 amide bonds. The van der Waals surface area contributed by atoms with Gasteiger partial charge in [-0.25, -0.2) is 4.98 Å². The Balaban J connectivity index is 1.44. The predicted octanol–water partition coefficient (Wildman–Crippen LogP) is 4.44. The van der Waals surface area contributed by atoms with E-state index < -0.39 is 0 Å². The number of hydrogen-bond donors (Lipinski definition) is 2. The largest absolute Gasteiger partial charge is 0.493 e. The topological polar surface area (TPSA) is 59.2 Å². The van der Waals surface area contributed by atoms with Gasteiger partial charge in [0.15, 0.2) is 11.5 Å². The lowest BCUT2D eigenvalue weighted by molar-refractivity contribution is 0.280. The normalized spacial score (nSPS) is 10.9. The summed E-state index contributed by atoms with van der Waals surface area (Å²) in [5, 5.41) is 3.44. The van der Waals surface area contributed by atoms with Gasteiger partial charge in [-0.05, 0) is 23.8 Å². The van der Waals surface area contributed by atoms with Crippen molar-refractivity contribution in [3.8, 4) is 11.5 Å². The number of hydrogen-bond acceptors (Lipinski definition) is 4. The molecule has 4 aromatic rings. The highest BCUT2D eigenvalue weighted by atomic mass is 16.5. The lowest BCUT2D eigenvalue weighted by atomic mass is 10.1. The summed E-state index contributed by atoms with van der Waals surface area (Å²) in [5.41, 5.74) is 4.20. The van der Waals surface area contributed by atoms with Crippen LogP contribution in [0.1, 0.15) is 17.0 Å². The SMILES string of the molecule is COc1cccc(CNCc2nc3ccccc3[nH]2)c1OCc1ccccc1. The van der Waals surface area contributed by atoms with Crippen LogP contribution < -0.4 is 14.8 Å². The van der Waals surface area contributed by atoms with E-state index in [9.17, 15) is 0 Å². The Bertz CT molecular complexity index is 1010. The van der Waals surface area contributed by atoms with E-state index in [-0.39, 0.29) is 0 Å². The van der Waals surface area contributed by atoms with Crippen molar-refractivity contribution in [1.29, 1.82) is 0 Å². The summed E-state index contributed by atoms with van der Waals surface area (Å²) in [6.07, 6.45) is 0. The fraction of sp³-hybridized carbons (Fsp3) is 0.174. The molecule has 142 valence electrons. The second-order valence-corrected chi connectivity index (χ2v) is 6.53.